The van der Waals surface area contributed by atoms with Crippen LogP contribution in [0.5, 0.6) is 0 Å². The molecule has 0 aliphatic rings. The van der Waals surface area contributed by atoms with Gasteiger partial charge in [-0.25, -0.2) is 9.67 Å². The molecule has 0 aliphatic carbocycles. The van der Waals surface area contributed by atoms with Gasteiger partial charge in [0.25, 0.3) is 11.7 Å². The van der Waals surface area contributed by atoms with Crippen molar-refractivity contribution in [2.75, 3.05) is 0 Å². The van der Waals surface area contributed by atoms with Gasteiger partial charge in [-0.15, -0.1) is 0 Å². The van der Waals surface area contributed by atoms with E-state index in [1.807, 2.05) is 18.2 Å². The molecule has 3 heterocycles. The Labute approximate surface area is 178 Å². The highest BCUT2D eigenvalue weighted by molar-refractivity contribution is 7.12. The zero-order chi connectivity index (χ0) is 20.5. The van der Waals surface area contributed by atoms with E-state index in [1.54, 1.807) is 57.9 Å². The molecular weight excluding hydrogens is 422 g/mol. The third-order valence-corrected chi connectivity index (χ3v) is 5.43. The van der Waals surface area contributed by atoms with Gasteiger partial charge in [-0.1, -0.05) is 41.1 Å². The number of rotatable bonds is 3. The third kappa shape index (κ3) is 3.40. The van der Waals surface area contributed by atoms with E-state index in [1.165, 1.54) is 17.7 Å². The first-order chi connectivity index (χ1) is 14.7. The Morgan fingerprint density at radius 2 is 1.80 bits per heavy atom. The van der Waals surface area contributed by atoms with Crippen LogP contribution in [0, 0.1) is 0 Å². The van der Waals surface area contributed by atoms with Crippen molar-refractivity contribution in [3.63, 3.8) is 0 Å². The average molecular weight is 434 g/mol. The van der Waals surface area contributed by atoms with Gasteiger partial charge in [0, 0.05) is 16.8 Å². The predicted octanol–water partition coefficient (Wildman–Crippen LogP) is 3.43. The molecule has 146 valence electrons. The van der Waals surface area contributed by atoms with E-state index in [0.29, 0.717) is 31.9 Å². The number of hydrogen-bond donors (Lipinski definition) is 0. The zero-order valence-corrected chi connectivity index (χ0v) is 16.8. The second-order valence-electron chi connectivity index (χ2n) is 6.16. The zero-order valence-electron chi connectivity index (χ0n) is 15.3. The Morgan fingerprint density at radius 1 is 1.00 bits per heavy atom. The van der Waals surface area contributed by atoms with Crippen molar-refractivity contribution >= 4 is 34.6 Å². The Kier molecular flexibility index (Phi) is 4.66. The molecule has 10 heteroatoms. The molecule has 0 fully saturated rings. The lowest BCUT2D eigenvalue weighted by molar-refractivity contribution is 0.0998. The second-order valence-corrected chi connectivity index (χ2v) is 7.56. The van der Waals surface area contributed by atoms with Crippen molar-refractivity contribution < 1.29 is 4.79 Å². The quantitative estimate of drug-likeness (QED) is 0.434. The summed E-state index contributed by atoms with van der Waals surface area (Å²) in [6.07, 6.45) is 3.07. The lowest BCUT2D eigenvalue weighted by Gasteiger charge is -2.01. The van der Waals surface area contributed by atoms with Crippen molar-refractivity contribution in [3.8, 4) is 16.4 Å². The Morgan fingerprint density at radius 3 is 2.60 bits per heavy atom. The molecule has 0 saturated heterocycles. The fourth-order valence-electron chi connectivity index (χ4n) is 2.84. The smallest absolute Gasteiger partial charge is 0.267 e. The summed E-state index contributed by atoms with van der Waals surface area (Å²) in [5, 5.41) is 10.1. The number of carbonyl (C=O) groups excluding carboxylic acids is 1. The number of hydrogen-bond acceptors (Lipinski definition) is 6. The van der Waals surface area contributed by atoms with Crippen LogP contribution < -0.4 is 4.80 Å². The van der Waals surface area contributed by atoms with Crippen LogP contribution in [0.4, 0.5) is 0 Å². The molecule has 0 unspecified atom stereocenters. The molecule has 0 saturated carbocycles. The van der Waals surface area contributed by atoms with Crippen LogP contribution in [-0.2, 0) is 0 Å². The minimum absolute atomic E-state index is 0.353. The fourth-order valence-corrected chi connectivity index (χ4v) is 3.88. The largest absolute Gasteiger partial charge is 0.279 e. The van der Waals surface area contributed by atoms with Crippen LogP contribution in [0.1, 0.15) is 10.4 Å². The fraction of sp³-hybridized carbons (Fsp3) is 0. The van der Waals surface area contributed by atoms with Crippen LogP contribution in [-0.4, -0.2) is 35.3 Å². The van der Waals surface area contributed by atoms with Gasteiger partial charge in [-0.3, -0.25) is 4.79 Å². The van der Waals surface area contributed by atoms with E-state index in [0.717, 1.165) is 5.69 Å². The van der Waals surface area contributed by atoms with Gasteiger partial charge >= 0.3 is 0 Å². The predicted molar refractivity (Wildman–Crippen MR) is 113 cm³/mol. The van der Waals surface area contributed by atoms with Crippen molar-refractivity contribution in [1.82, 2.24) is 29.4 Å². The maximum atomic E-state index is 12.7. The van der Waals surface area contributed by atoms with E-state index in [9.17, 15) is 4.79 Å². The number of fused-ring (bicyclic) bond motifs is 1. The normalized spacial score (nSPS) is 11.8. The Bertz CT molecular complexity index is 1420. The molecule has 0 aliphatic heterocycles. The van der Waals surface area contributed by atoms with Gasteiger partial charge in [0.15, 0.2) is 5.01 Å². The standard InChI is InChI=1S/C20H12ClN7OS/c21-14-6-8-15(9-7-14)27-20(25-17(29)13-4-2-1-3-5-13)30-18(26-27)16-10-11-22-19-23-12-24-28(16)19/h1-12H. The van der Waals surface area contributed by atoms with E-state index < -0.39 is 0 Å². The van der Waals surface area contributed by atoms with Crippen LogP contribution in [0.3, 0.4) is 0 Å². The number of carbonyl (C=O) groups is 1. The summed E-state index contributed by atoms with van der Waals surface area (Å²) in [6.45, 7) is 0. The minimum Gasteiger partial charge on any atom is -0.267 e. The van der Waals surface area contributed by atoms with Crippen molar-refractivity contribution in [2.45, 2.75) is 0 Å². The van der Waals surface area contributed by atoms with Gasteiger partial charge in [-0.05, 0) is 42.5 Å². The summed E-state index contributed by atoms with van der Waals surface area (Å²) in [4.78, 5) is 25.7. The van der Waals surface area contributed by atoms with E-state index in [4.69, 9.17) is 11.6 Å². The highest BCUT2D eigenvalue weighted by Gasteiger charge is 2.15. The molecule has 3 aromatic heterocycles. The first kappa shape index (κ1) is 18.3. The van der Waals surface area contributed by atoms with Gasteiger partial charge in [0.2, 0.25) is 4.80 Å². The van der Waals surface area contributed by atoms with Gasteiger partial charge in [0.1, 0.15) is 12.0 Å². The van der Waals surface area contributed by atoms with Crippen LogP contribution in [0.15, 0.2) is 78.2 Å². The van der Waals surface area contributed by atoms with Crippen LogP contribution in [0.2, 0.25) is 5.02 Å². The minimum atomic E-state index is -0.353. The molecule has 0 bridgehead atoms. The summed E-state index contributed by atoms with van der Waals surface area (Å²) in [7, 11) is 0. The number of halogens is 1. The van der Waals surface area contributed by atoms with Crippen molar-refractivity contribution in [1.29, 1.82) is 0 Å². The summed E-state index contributed by atoms with van der Waals surface area (Å²) in [5.74, 6) is 0.105. The summed E-state index contributed by atoms with van der Waals surface area (Å²) in [6, 6.07) is 17.8. The third-order valence-electron chi connectivity index (χ3n) is 4.25. The Balaban J connectivity index is 1.70. The summed E-state index contributed by atoms with van der Waals surface area (Å²) >= 11 is 7.29. The molecular formula is C20H12ClN7OS. The molecule has 0 radical (unpaired) electrons. The topological polar surface area (TPSA) is 90.3 Å². The molecule has 8 nitrogen and oxygen atoms in total. The number of amides is 1. The second kappa shape index (κ2) is 7.62. The number of aromatic nitrogens is 6. The highest BCUT2D eigenvalue weighted by Crippen LogP contribution is 2.21. The molecule has 5 aromatic rings. The molecule has 1 amide bonds. The SMILES string of the molecule is O=C(N=c1sc(-c2ccnc3ncnn23)nn1-c1ccc(Cl)cc1)c1ccccc1. The Hall–Kier alpha value is -3.69. The molecule has 0 spiro atoms. The number of benzene rings is 2. The maximum Gasteiger partial charge on any atom is 0.279 e. The highest BCUT2D eigenvalue weighted by atomic mass is 35.5. The first-order valence-electron chi connectivity index (χ1n) is 8.84. The number of nitrogens with zero attached hydrogens (tertiary/aromatic N) is 7. The van der Waals surface area contributed by atoms with Crippen molar-refractivity contribution in [2.24, 2.45) is 4.99 Å². The molecule has 30 heavy (non-hydrogen) atoms. The lowest BCUT2D eigenvalue weighted by Crippen LogP contribution is -2.16. The van der Waals surface area contributed by atoms with Crippen LogP contribution >= 0.6 is 22.9 Å². The first-order valence-corrected chi connectivity index (χ1v) is 10.0. The van der Waals surface area contributed by atoms with Gasteiger partial charge in [0.05, 0.1) is 5.69 Å². The maximum absolute atomic E-state index is 12.7. The van der Waals surface area contributed by atoms with Crippen LogP contribution in [0.25, 0.3) is 22.2 Å². The molecule has 5 rings (SSSR count). The monoisotopic (exact) mass is 433 g/mol. The van der Waals surface area contributed by atoms with Gasteiger partial charge < -0.3 is 0 Å². The molecule has 0 atom stereocenters. The summed E-state index contributed by atoms with van der Waals surface area (Å²) in [5.41, 5.74) is 1.92. The van der Waals surface area contributed by atoms with E-state index in [2.05, 4.69) is 25.2 Å². The van der Waals surface area contributed by atoms with Gasteiger partial charge in [-0.2, -0.15) is 24.7 Å². The molecule has 2 aromatic carbocycles. The van der Waals surface area contributed by atoms with Crippen molar-refractivity contribution in [3.05, 3.63) is 88.6 Å². The average Bonchev–Trinajstić information content (AvgIpc) is 3.42. The molecule has 0 N–H and O–H groups in total. The van der Waals surface area contributed by atoms with E-state index in [-0.39, 0.29) is 5.91 Å². The lowest BCUT2D eigenvalue weighted by atomic mass is 10.2. The van der Waals surface area contributed by atoms with E-state index >= 15 is 0 Å². The summed E-state index contributed by atoms with van der Waals surface area (Å²) < 4.78 is 3.20.